The average molecular weight is 332 g/mol. The van der Waals surface area contributed by atoms with Crippen molar-refractivity contribution in [2.24, 2.45) is 0 Å². The number of hydrogen-bond donors (Lipinski definition) is 2. The second kappa shape index (κ2) is 6.94. The maximum Gasteiger partial charge on any atom is 0.185 e. The number of piperidine rings is 1. The summed E-state index contributed by atoms with van der Waals surface area (Å²) in [6.45, 7) is 4.42. The summed E-state index contributed by atoms with van der Waals surface area (Å²) in [5.74, 6) is 0. The van der Waals surface area contributed by atoms with Crippen LogP contribution in [0.2, 0.25) is 10.0 Å². The predicted molar refractivity (Wildman–Crippen MR) is 90.4 cm³/mol. The Bertz CT molecular complexity index is 485. The molecule has 0 spiro atoms. The Hall–Kier alpha value is -0.550. The molecule has 20 heavy (non-hydrogen) atoms. The normalized spacial score (nSPS) is 23.4. The number of hydrazine groups is 1. The molecule has 110 valence electrons. The van der Waals surface area contributed by atoms with Crippen LogP contribution in [0.4, 0.5) is 5.69 Å². The Kier molecular flexibility index (Phi) is 5.49. The molecule has 0 bridgehead atoms. The van der Waals surface area contributed by atoms with Crippen molar-refractivity contribution in [2.45, 2.75) is 45.2 Å². The first kappa shape index (κ1) is 15.8. The molecule has 0 saturated carbocycles. The number of rotatable bonds is 2. The summed E-state index contributed by atoms with van der Waals surface area (Å²) in [4.78, 5) is 0. The third-order valence-electron chi connectivity index (χ3n) is 3.60. The van der Waals surface area contributed by atoms with E-state index >= 15 is 0 Å². The largest absolute Gasteiger partial charge is 0.330 e. The van der Waals surface area contributed by atoms with Crippen molar-refractivity contribution in [3.63, 3.8) is 0 Å². The Labute approximate surface area is 135 Å². The van der Waals surface area contributed by atoms with E-state index in [0.717, 1.165) is 5.69 Å². The van der Waals surface area contributed by atoms with Crippen molar-refractivity contribution in [1.29, 1.82) is 0 Å². The summed E-state index contributed by atoms with van der Waals surface area (Å²) >= 11 is 17.4. The van der Waals surface area contributed by atoms with Crippen LogP contribution in [0.15, 0.2) is 18.2 Å². The van der Waals surface area contributed by atoms with Crippen molar-refractivity contribution >= 4 is 46.2 Å². The molecular weight excluding hydrogens is 313 g/mol. The minimum atomic E-state index is 0.471. The lowest BCUT2D eigenvalue weighted by Crippen LogP contribution is -2.55. The van der Waals surface area contributed by atoms with Gasteiger partial charge in [-0.1, -0.05) is 29.6 Å². The number of hydrogen-bond acceptors (Lipinski definition) is 2. The van der Waals surface area contributed by atoms with E-state index in [0.29, 0.717) is 27.2 Å². The zero-order valence-electron chi connectivity index (χ0n) is 11.6. The fourth-order valence-electron chi connectivity index (χ4n) is 2.50. The maximum atomic E-state index is 6.13. The SMILES string of the molecule is C[C@@H]1CCC[C@@H](C)N1NC(=S)Nc1ccc(Cl)cc1Cl. The van der Waals surface area contributed by atoms with Gasteiger partial charge in [0.05, 0.1) is 10.7 Å². The number of benzene rings is 1. The molecule has 0 aliphatic carbocycles. The van der Waals surface area contributed by atoms with Gasteiger partial charge in [0.1, 0.15) is 0 Å². The lowest BCUT2D eigenvalue weighted by atomic mass is 10.00. The molecule has 0 radical (unpaired) electrons. The lowest BCUT2D eigenvalue weighted by molar-refractivity contribution is 0.0750. The minimum absolute atomic E-state index is 0.471. The first-order valence-electron chi connectivity index (χ1n) is 6.78. The molecule has 6 heteroatoms. The summed E-state index contributed by atoms with van der Waals surface area (Å²) in [7, 11) is 0. The standard InChI is InChI=1S/C14H19Cl2N3S/c1-9-4-3-5-10(2)19(9)18-14(20)17-13-7-6-11(15)8-12(13)16/h6-10H,3-5H2,1-2H3,(H2,17,18,20)/t9-,10-/m1/s1. The molecule has 3 nitrogen and oxygen atoms in total. The highest BCUT2D eigenvalue weighted by molar-refractivity contribution is 7.80. The molecule has 1 aromatic rings. The van der Waals surface area contributed by atoms with Crippen molar-refractivity contribution in [3.05, 3.63) is 28.2 Å². The van der Waals surface area contributed by atoms with E-state index in [1.807, 2.05) is 6.07 Å². The zero-order valence-corrected chi connectivity index (χ0v) is 13.9. The van der Waals surface area contributed by atoms with E-state index in [1.54, 1.807) is 12.1 Å². The summed E-state index contributed by atoms with van der Waals surface area (Å²) in [6.07, 6.45) is 3.63. The molecule has 1 aliphatic rings. The van der Waals surface area contributed by atoms with Crippen LogP contribution in [0.25, 0.3) is 0 Å². The summed E-state index contributed by atoms with van der Waals surface area (Å²) in [5.41, 5.74) is 4.03. The number of nitrogens with zero attached hydrogens (tertiary/aromatic N) is 1. The molecule has 1 saturated heterocycles. The highest BCUT2D eigenvalue weighted by Crippen LogP contribution is 2.25. The van der Waals surface area contributed by atoms with E-state index in [1.165, 1.54) is 19.3 Å². The predicted octanol–water partition coefficient (Wildman–Crippen LogP) is 4.46. The number of halogens is 2. The molecule has 1 aromatic carbocycles. The van der Waals surface area contributed by atoms with E-state index in [9.17, 15) is 0 Å². The van der Waals surface area contributed by atoms with Gasteiger partial charge in [0.15, 0.2) is 5.11 Å². The minimum Gasteiger partial charge on any atom is -0.330 e. The van der Waals surface area contributed by atoms with E-state index in [4.69, 9.17) is 35.4 Å². The van der Waals surface area contributed by atoms with Gasteiger partial charge < -0.3 is 5.32 Å². The molecule has 1 aliphatic heterocycles. The molecule has 0 aromatic heterocycles. The Morgan fingerprint density at radius 1 is 1.25 bits per heavy atom. The van der Waals surface area contributed by atoms with Gasteiger partial charge in [0.25, 0.3) is 0 Å². The van der Waals surface area contributed by atoms with Crippen molar-refractivity contribution in [1.82, 2.24) is 10.4 Å². The molecule has 2 atom stereocenters. The van der Waals surface area contributed by atoms with Crippen molar-refractivity contribution in [2.75, 3.05) is 5.32 Å². The zero-order chi connectivity index (χ0) is 14.7. The van der Waals surface area contributed by atoms with Crippen LogP contribution in [-0.4, -0.2) is 22.2 Å². The fraction of sp³-hybridized carbons (Fsp3) is 0.500. The van der Waals surface area contributed by atoms with Crippen LogP contribution >= 0.6 is 35.4 Å². The molecule has 0 unspecified atom stereocenters. The lowest BCUT2D eigenvalue weighted by Gasteiger charge is -2.39. The van der Waals surface area contributed by atoms with E-state index in [2.05, 4.69) is 29.6 Å². The first-order valence-corrected chi connectivity index (χ1v) is 7.95. The van der Waals surface area contributed by atoms with Crippen LogP contribution in [0.5, 0.6) is 0 Å². The third-order valence-corrected chi connectivity index (χ3v) is 4.34. The van der Waals surface area contributed by atoms with E-state index in [-0.39, 0.29) is 0 Å². The van der Waals surface area contributed by atoms with E-state index < -0.39 is 0 Å². The maximum absolute atomic E-state index is 6.13. The van der Waals surface area contributed by atoms with Gasteiger partial charge in [-0.25, -0.2) is 5.01 Å². The van der Waals surface area contributed by atoms with Gasteiger partial charge >= 0.3 is 0 Å². The highest BCUT2D eigenvalue weighted by Gasteiger charge is 2.25. The molecule has 0 amide bonds. The van der Waals surface area contributed by atoms with Gasteiger partial charge in [-0.3, -0.25) is 5.43 Å². The van der Waals surface area contributed by atoms with Crippen molar-refractivity contribution in [3.8, 4) is 0 Å². The Morgan fingerprint density at radius 2 is 1.90 bits per heavy atom. The summed E-state index contributed by atoms with van der Waals surface area (Å²) in [6, 6.07) is 6.24. The van der Waals surface area contributed by atoms with Gasteiger partial charge in [-0.05, 0) is 57.1 Å². The van der Waals surface area contributed by atoms with Crippen molar-refractivity contribution < 1.29 is 0 Å². The van der Waals surface area contributed by atoms with Crippen LogP contribution in [-0.2, 0) is 0 Å². The summed E-state index contributed by atoms with van der Waals surface area (Å²) < 4.78 is 0. The first-order chi connectivity index (χ1) is 9.47. The number of thiocarbonyl (C=S) groups is 1. The number of nitrogens with one attached hydrogen (secondary N) is 2. The van der Waals surface area contributed by atoms with Gasteiger partial charge in [-0.2, -0.15) is 0 Å². The van der Waals surface area contributed by atoms with Crippen LogP contribution < -0.4 is 10.7 Å². The van der Waals surface area contributed by atoms with Crippen LogP contribution in [0.3, 0.4) is 0 Å². The molecular formula is C14H19Cl2N3S. The molecule has 1 fully saturated rings. The number of anilines is 1. The highest BCUT2D eigenvalue weighted by atomic mass is 35.5. The third kappa shape index (κ3) is 3.98. The fourth-order valence-corrected chi connectivity index (χ4v) is 3.17. The van der Waals surface area contributed by atoms with Crippen LogP contribution in [0, 0.1) is 0 Å². The van der Waals surface area contributed by atoms with Gasteiger partial charge in [-0.15, -0.1) is 0 Å². The molecule has 2 N–H and O–H groups in total. The van der Waals surface area contributed by atoms with Gasteiger partial charge in [0, 0.05) is 17.1 Å². The van der Waals surface area contributed by atoms with Crippen LogP contribution in [0.1, 0.15) is 33.1 Å². The van der Waals surface area contributed by atoms with Gasteiger partial charge in [0.2, 0.25) is 0 Å². The smallest absolute Gasteiger partial charge is 0.185 e. The average Bonchev–Trinajstić information content (AvgIpc) is 2.37. The molecule has 1 heterocycles. The topological polar surface area (TPSA) is 27.3 Å². The molecule has 2 rings (SSSR count). The quantitative estimate of drug-likeness (QED) is 0.782. The second-order valence-electron chi connectivity index (χ2n) is 5.23. The Balaban J connectivity index is 1.98. The second-order valence-corrected chi connectivity index (χ2v) is 6.48. The Morgan fingerprint density at radius 3 is 2.50 bits per heavy atom. The monoisotopic (exact) mass is 331 g/mol. The summed E-state index contributed by atoms with van der Waals surface area (Å²) in [5, 5.41) is 7.04.